The number of rotatable bonds is 5. The standard InChI is InChI=1S/C17H24N2/c1-12-9-13(2)17-14(11-19(3)16(17)10-12)5-4-8-18-15-6-7-15/h9-11,15,18H,4-8H2,1-3H3. The van der Waals surface area contributed by atoms with E-state index in [4.69, 9.17) is 0 Å². The highest BCUT2D eigenvalue weighted by atomic mass is 14.9. The van der Waals surface area contributed by atoms with E-state index in [0.29, 0.717) is 0 Å². The maximum absolute atomic E-state index is 3.60. The minimum absolute atomic E-state index is 0.830. The zero-order chi connectivity index (χ0) is 13.4. The Morgan fingerprint density at radius 1 is 1.26 bits per heavy atom. The SMILES string of the molecule is Cc1cc(C)c2c(CCCNC3CC3)cn(C)c2c1. The van der Waals surface area contributed by atoms with Crippen molar-refractivity contribution < 1.29 is 0 Å². The second kappa shape index (κ2) is 5.01. The van der Waals surface area contributed by atoms with Gasteiger partial charge in [0.1, 0.15) is 0 Å². The van der Waals surface area contributed by atoms with Crippen LogP contribution < -0.4 is 5.32 Å². The average molecular weight is 256 g/mol. The normalized spacial score (nSPS) is 15.3. The predicted octanol–water partition coefficient (Wildman–Crippen LogP) is 3.48. The lowest BCUT2D eigenvalue weighted by atomic mass is 10.0. The van der Waals surface area contributed by atoms with Crippen molar-refractivity contribution in [1.29, 1.82) is 0 Å². The van der Waals surface area contributed by atoms with Crippen LogP contribution in [0.1, 0.15) is 36.0 Å². The van der Waals surface area contributed by atoms with Gasteiger partial charge in [-0.3, -0.25) is 0 Å². The fourth-order valence-electron chi connectivity index (χ4n) is 3.07. The second-order valence-corrected chi connectivity index (χ2v) is 6.07. The van der Waals surface area contributed by atoms with Gasteiger partial charge in [-0.1, -0.05) is 6.07 Å². The molecule has 0 bridgehead atoms. The number of benzene rings is 1. The van der Waals surface area contributed by atoms with Crippen LogP contribution in [0.3, 0.4) is 0 Å². The molecule has 1 heterocycles. The molecule has 1 fully saturated rings. The molecule has 1 saturated carbocycles. The fourth-order valence-corrected chi connectivity index (χ4v) is 3.07. The molecule has 1 aromatic heterocycles. The van der Waals surface area contributed by atoms with Crippen LogP contribution in [0.5, 0.6) is 0 Å². The molecule has 3 rings (SSSR count). The van der Waals surface area contributed by atoms with Crippen molar-refractivity contribution in [3.8, 4) is 0 Å². The first-order valence-corrected chi connectivity index (χ1v) is 7.43. The molecule has 1 N–H and O–H groups in total. The van der Waals surface area contributed by atoms with E-state index in [2.05, 4.69) is 49.1 Å². The zero-order valence-corrected chi connectivity index (χ0v) is 12.3. The summed E-state index contributed by atoms with van der Waals surface area (Å²) < 4.78 is 2.28. The largest absolute Gasteiger partial charge is 0.350 e. The van der Waals surface area contributed by atoms with Crippen LogP contribution >= 0.6 is 0 Å². The third kappa shape index (κ3) is 2.69. The number of nitrogens with zero attached hydrogens (tertiary/aromatic N) is 1. The minimum atomic E-state index is 0.830. The smallest absolute Gasteiger partial charge is 0.0485 e. The lowest BCUT2D eigenvalue weighted by Gasteiger charge is -2.05. The van der Waals surface area contributed by atoms with Crippen molar-refractivity contribution in [1.82, 2.24) is 9.88 Å². The van der Waals surface area contributed by atoms with Crippen molar-refractivity contribution in [3.05, 3.63) is 35.0 Å². The topological polar surface area (TPSA) is 17.0 Å². The number of hydrogen-bond acceptors (Lipinski definition) is 1. The van der Waals surface area contributed by atoms with Crippen molar-refractivity contribution in [2.75, 3.05) is 6.54 Å². The number of fused-ring (bicyclic) bond motifs is 1. The summed E-state index contributed by atoms with van der Waals surface area (Å²) >= 11 is 0. The van der Waals surface area contributed by atoms with E-state index >= 15 is 0 Å². The number of aryl methyl sites for hydroxylation is 4. The Bertz CT molecular complexity index is 591. The van der Waals surface area contributed by atoms with Crippen molar-refractivity contribution in [2.24, 2.45) is 7.05 Å². The summed E-state index contributed by atoms with van der Waals surface area (Å²) in [5.74, 6) is 0. The Morgan fingerprint density at radius 2 is 2.05 bits per heavy atom. The molecule has 0 spiro atoms. The molecular formula is C17H24N2. The molecule has 2 heteroatoms. The van der Waals surface area contributed by atoms with E-state index in [1.54, 1.807) is 0 Å². The maximum Gasteiger partial charge on any atom is 0.0485 e. The average Bonchev–Trinajstić information content (AvgIpc) is 3.11. The van der Waals surface area contributed by atoms with Gasteiger partial charge in [0.05, 0.1) is 0 Å². The third-order valence-electron chi connectivity index (χ3n) is 4.14. The van der Waals surface area contributed by atoms with Gasteiger partial charge in [-0.05, 0) is 68.8 Å². The molecule has 0 unspecified atom stereocenters. The molecule has 19 heavy (non-hydrogen) atoms. The van der Waals surface area contributed by atoms with Gasteiger partial charge in [-0.25, -0.2) is 0 Å². The molecule has 0 radical (unpaired) electrons. The quantitative estimate of drug-likeness (QED) is 0.810. The van der Waals surface area contributed by atoms with Crippen molar-refractivity contribution in [3.63, 3.8) is 0 Å². The maximum atomic E-state index is 3.60. The van der Waals surface area contributed by atoms with Gasteiger partial charge < -0.3 is 9.88 Å². The third-order valence-corrected chi connectivity index (χ3v) is 4.14. The Kier molecular flexibility index (Phi) is 3.36. The first kappa shape index (κ1) is 12.7. The minimum Gasteiger partial charge on any atom is -0.350 e. The van der Waals surface area contributed by atoms with Crippen molar-refractivity contribution in [2.45, 2.75) is 45.6 Å². The monoisotopic (exact) mass is 256 g/mol. The molecule has 2 nitrogen and oxygen atoms in total. The van der Waals surface area contributed by atoms with E-state index in [1.807, 2.05) is 0 Å². The Balaban J connectivity index is 1.78. The van der Waals surface area contributed by atoms with E-state index < -0.39 is 0 Å². The Labute approximate surface area is 115 Å². The summed E-state index contributed by atoms with van der Waals surface area (Å²) in [5.41, 5.74) is 5.66. The predicted molar refractivity (Wildman–Crippen MR) is 81.7 cm³/mol. The highest BCUT2D eigenvalue weighted by Gasteiger charge is 2.19. The molecule has 1 aromatic carbocycles. The Hall–Kier alpha value is -1.28. The number of hydrogen-bond donors (Lipinski definition) is 1. The van der Waals surface area contributed by atoms with Gasteiger partial charge in [-0.2, -0.15) is 0 Å². The van der Waals surface area contributed by atoms with E-state index in [0.717, 1.165) is 12.6 Å². The highest BCUT2D eigenvalue weighted by Crippen LogP contribution is 2.27. The first-order valence-electron chi connectivity index (χ1n) is 7.43. The molecule has 0 amide bonds. The van der Waals surface area contributed by atoms with E-state index in [9.17, 15) is 0 Å². The number of aromatic nitrogens is 1. The van der Waals surface area contributed by atoms with Gasteiger partial charge in [-0.15, -0.1) is 0 Å². The van der Waals surface area contributed by atoms with Crippen LogP contribution in [0.2, 0.25) is 0 Å². The first-order chi connectivity index (χ1) is 9.15. The molecule has 0 atom stereocenters. The molecule has 0 saturated heterocycles. The van der Waals surface area contributed by atoms with Crippen LogP contribution in [0, 0.1) is 13.8 Å². The molecule has 102 valence electrons. The highest BCUT2D eigenvalue weighted by molar-refractivity contribution is 5.87. The van der Waals surface area contributed by atoms with Crippen LogP contribution in [0.15, 0.2) is 18.3 Å². The van der Waals surface area contributed by atoms with Crippen LogP contribution in [-0.4, -0.2) is 17.2 Å². The molecule has 1 aliphatic carbocycles. The summed E-state index contributed by atoms with van der Waals surface area (Å²) in [7, 11) is 2.16. The van der Waals surface area contributed by atoms with E-state index in [1.165, 1.54) is 53.3 Å². The van der Waals surface area contributed by atoms with Crippen LogP contribution in [-0.2, 0) is 13.5 Å². The molecule has 2 aromatic rings. The van der Waals surface area contributed by atoms with Gasteiger partial charge >= 0.3 is 0 Å². The lowest BCUT2D eigenvalue weighted by Crippen LogP contribution is -2.17. The van der Waals surface area contributed by atoms with Gasteiger partial charge in [0, 0.05) is 30.2 Å². The van der Waals surface area contributed by atoms with Gasteiger partial charge in [0.2, 0.25) is 0 Å². The summed E-state index contributed by atoms with van der Waals surface area (Å²) in [6.45, 7) is 5.58. The number of nitrogens with one attached hydrogen (secondary N) is 1. The van der Waals surface area contributed by atoms with Gasteiger partial charge in [0.15, 0.2) is 0 Å². The van der Waals surface area contributed by atoms with Crippen molar-refractivity contribution >= 4 is 10.9 Å². The second-order valence-electron chi connectivity index (χ2n) is 6.07. The summed E-state index contributed by atoms with van der Waals surface area (Å²) in [5, 5.41) is 5.07. The van der Waals surface area contributed by atoms with E-state index in [-0.39, 0.29) is 0 Å². The van der Waals surface area contributed by atoms with Crippen LogP contribution in [0.4, 0.5) is 0 Å². The summed E-state index contributed by atoms with van der Waals surface area (Å²) in [6, 6.07) is 5.43. The fraction of sp³-hybridized carbons (Fsp3) is 0.529. The molecule has 0 aliphatic heterocycles. The van der Waals surface area contributed by atoms with Gasteiger partial charge in [0.25, 0.3) is 0 Å². The summed E-state index contributed by atoms with van der Waals surface area (Å²) in [4.78, 5) is 0. The molecular weight excluding hydrogens is 232 g/mol. The molecule has 1 aliphatic rings. The summed E-state index contributed by atoms with van der Waals surface area (Å²) in [6.07, 6.45) is 7.50. The zero-order valence-electron chi connectivity index (χ0n) is 12.3. The lowest BCUT2D eigenvalue weighted by molar-refractivity contribution is 0.646. The van der Waals surface area contributed by atoms with Crippen LogP contribution in [0.25, 0.3) is 10.9 Å². The Morgan fingerprint density at radius 3 is 2.79 bits per heavy atom.